The number of amides is 1. The molecule has 0 N–H and O–H groups in total. The first-order valence-electron chi connectivity index (χ1n) is 7.34. The molecule has 0 saturated heterocycles. The maximum absolute atomic E-state index is 12.2. The fourth-order valence-electron chi connectivity index (χ4n) is 2.07. The van der Waals surface area contributed by atoms with Crippen molar-refractivity contribution in [2.75, 3.05) is 19.9 Å². The van der Waals surface area contributed by atoms with Crippen LogP contribution >= 0.6 is 27.7 Å². The molecule has 0 heterocycles. The molecule has 0 saturated carbocycles. The Labute approximate surface area is 150 Å². The van der Waals surface area contributed by atoms with Gasteiger partial charge in [0.15, 0.2) is 0 Å². The predicted molar refractivity (Wildman–Crippen MR) is 99.0 cm³/mol. The fraction of sp³-hybridized carbons (Fsp3) is 0.278. The summed E-state index contributed by atoms with van der Waals surface area (Å²) in [6.07, 6.45) is 0.531. The van der Waals surface area contributed by atoms with E-state index >= 15 is 0 Å². The first kappa shape index (κ1) is 17.9. The van der Waals surface area contributed by atoms with Gasteiger partial charge in [0.25, 0.3) is 0 Å². The van der Waals surface area contributed by atoms with E-state index < -0.39 is 0 Å². The van der Waals surface area contributed by atoms with Gasteiger partial charge in [-0.15, -0.1) is 11.8 Å². The Kier molecular flexibility index (Phi) is 6.99. The van der Waals surface area contributed by atoms with E-state index in [4.69, 9.17) is 4.74 Å². The molecule has 5 heteroatoms. The topological polar surface area (TPSA) is 29.5 Å². The minimum atomic E-state index is 0.161. The van der Waals surface area contributed by atoms with Crippen molar-refractivity contribution in [1.29, 1.82) is 0 Å². The SMILES string of the molecule is COc1ccc(SCCC(=O)N(C)Cc2ccc(Br)cc2)cc1. The third-order valence-corrected chi connectivity index (χ3v) is 4.95. The number of halogens is 1. The van der Waals surface area contributed by atoms with Crippen molar-refractivity contribution in [3.8, 4) is 5.75 Å². The van der Waals surface area contributed by atoms with Gasteiger partial charge in [0.2, 0.25) is 5.91 Å². The van der Waals surface area contributed by atoms with Crippen LogP contribution in [-0.2, 0) is 11.3 Å². The van der Waals surface area contributed by atoms with Crippen LogP contribution in [0, 0.1) is 0 Å². The lowest BCUT2D eigenvalue weighted by molar-refractivity contribution is -0.129. The van der Waals surface area contributed by atoms with Crippen LogP contribution in [0.25, 0.3) is 0 Å². The third kappa shape index (κ3) is 5.92. The van der Waals surface area contributed by atoms with Gasteiger partial charge in [-0.25, -0.2) is 0 Å². The smallest absolute Gasteiger partial charge is 0.223 e. The van der Waals surface area contributed by atoms with Crippen molar-refractivity contribution >= 4 is 33.6 Å². The second-order valence-corrected chi connectivity index (χ2v) is 7.23. The Morgan fingerprint density at radius 1 is 1.13 bits per heavy atom. The Bertz CT molecular complexity index is 628. The zero-order valence-electron chi connectivity index (χ0n) is 13.3. The van der Waals surface area contributed by atoms with Crippen molar-refractivity contribution in [1.82, 2.24) is 4.90 Å². The van der Waals surface area contributed by atoms with Crippen molar-refractivity contribution in [3.63, 3.8) is 0 Å². The molecule has 0 aliphatic carbocycles. The van der Waals surface area contributed by atoms with Crippen LogP contribution in [0.5, 0.6) is 5.75 Å². The summed E-state index contributed by atoms with van der Waals surface area (Å²) in [7, 11) is 3.50. The number of hydrogen-bond acceptors (Lipinski definition) is 3. The van der Waals surface area contributed by atoms with Gasteiger partial charge in [0.05, 0.1) is 7.11 Å². The van der Waals surface area contributed by atoms with E-state index in [-0.39, 0.29) is 5.91 Å². The predicted octanol–water partition coefficient (Wildman–Crippen LogP) is 4.60. The van der Waals surface area contributed by atoms with Gasteiger partial charge in [-0.2, -0.15) is 0 Å². The molecule has 2 rings (SSSR count). The molecule has 1 amide bonds. The Morgan fingerprint density at radius 3 is 2.39 bits per heavy atom. The van der Waals surface area contributed by atoms with Crippen LogP contribution < -0.4 is 4.74 Å². The Balaban J connectivity index is 1.75. The van der Waals surface area contributed by atoms with Crippen molar-refractivity contribution in [2.24, 2.45) is 0 Å². The largest absolute Gasteiger partial charge is 0.497 e. The molecule has 0 aliphatic rings. The number of nitrogens with zero attached hydrogens (tertiary/aromatic N) is 1. The number of benzene rings is 2. The van der Waals surface area contributed by atoms with Crippen molar-refractivity contribution in [2.45, 2.75) is 17.9 Å². The van der Waals surface area contributed by atoms with E-state index in [1.807, 2.05) is 55.6 Å². The molecule has 3 nitrogen and oxygen atoms in total. The summed E-state index contributed by atoms with van der Waals surface area (Å²) in [4.78, 5) is 15.1. The molecule has 0 aliphatic heterocycles. The molecule has 0 bridgehead atoms. The summed E-state index contributed by atoms with van der Waals surface area (Å²) in [5.74, 6) is 1.78. The number of ether oxygens (including phenoxy) is 1. The number of hydrogen-bond donors (Lipinski definition) is 0. The monoisotopic (exact) mass is 393 g/mol. The van der Waals surface area contributed by atoms with Gasteiger partial charge in [-0.3, -0.25) is 4.79 Å². The van der Waals surface area contributed by atoms with E-state index in [0.29, 0.717) is 13.0 Å². The van der Waals surface area contributed by atoms with Crippen molar-refractivity contribution < 1.29 is 9.53 Å². The van der Waals surface area contributed by atoms with Gasteiger partial charge >= 0.3 is 0 Å². The number of carbonyl (C=O) groups is 1. The summed E-state index contributed by atoms with van der Waals surface area (Å²) in [6.45, 7) is 0.638. The maximum atomic E-state index is 12.2. The number of thioether (sulfide) groups is 1. The molecule has 0 atom stereocenters. The molecule has 0 radical (unpaired) electrons. The van der Waals surface area contributed by atoms with Crippen LogP contribution in [-0.4, -0.2) is 30.7 Å². The molecule has 0 fully saturated rings. The van der Waals surface area contributed by atoms with Crippen LogP contribution in [0.15, 0.2) is 57.9 Å². The first-order valence-corrected chi connectivity index (χ1v) is 9.11. The lowest BCUT2D eigenvalue weighted by atomic mass is 10.2. The standard InChI is InChI=1S/C18H20BrNO2S/c1-20(13-14-3-5-15(19)6-4-14)18(21)11-12-23-17-9-7-16(22-2)8-10-17/h3-10H,11-13H2,1-2H3. The van der Waals surface area contributed by atoms with Gasteiger partial charge < -0.3 is 9.64 Å². The van der Waals surface area contributed by atoms with Crippen LogP contribution in [0.1, 0.15) is 12.0 Å². The Hall–Kier alpha value is -1.46. The molecule has 0 unspecified atom stereocenters. The lowest BCUT2D eigenvalue weighted by Gasteiger charge is -2.17. The lowest BCUT2D eigenvalue weighted by Crippen LogP contribution is -2.26. The number of methoxy groups -OCH3 is 1. The second kappa shape index (κ2) is 8.99. The summed E-state index contributed by atoms with van der Waals surface area (Å²) in [5.41, 5.74) is 1.13. The molecule has 0 aromatic heterocycles. The molecule has 2 aromatic rings. The molecule has 23 heavy (non-hydrogen) atoms. The second-order valence-electron chi connectivity index (χ2n) is 5.15. The minimum absolute atomic E-state index is 0.161. The summed E-state index contributed by atoms with van der Waals surface area (Å²) < 4.78 is 6.18. The summed E-state index contributed by atoms with van der Waals surface area (Å²) in [6, 6.07) is 15.9. The third-order valence-electron chi connectivity index (χ3n) is 3.40. The molecular formula is C18H20BrNO2S. The molecule has 122 valence electrons. The van der Waals surface area contributed by atoms with Gasteiger partial charge in [-0.1, -0.05) is 28.1 Å². The quantitative estimate of drug-likeness (QED) is 0.643. The zero-order chi connectivity index (χ0) is 16.7. The van der Waals surface area contributed by atoms with E-state index in [0.717, 1.165) is 26.4 Å². The van der Waals surface area contributed by atoms with Gasteiger partial charge in [0, 0.05) is 35.1 Å². The molecular weight excluding hydrogens is 374 g/mol. The highest BCUT2D eigenvalue weighted by atomic mass is 79.9. The van der Waals surface area contributed by atoms with Crippen LogP contribution in [0.3, 0.4) is 0 Å². The van der Waals surface area contributed by atoms with Crippen molar-refractivity contribution in [3.05, 3.63) is 58.6 Å². The molecule has 2 aromatic carbocycles. The summed E-state index contributed by atoms with van der Waals surface area (Å²) in [5, 5.41) is 0. The van der Waals surface area contributed by atoms with Gasteiger partial charge in [-0.05, 0) is 42.0 Å². The average molecular weight is 394 g/mol. The van der Waals surface area contributed by atoms with Crippen LogP contribution in [0.2, 0.25) is 0 Å². The number of carbonyl (C=O) groups excluding carboxylic acids is 1. The van der Waals surface area contributed by atoms with E-state index in [2.05, 4.69) is 15.9 Å². The maximum Gasteiger partial charge on any atom is 0.223 e. The first-order chi connectivity index (χ1) is 11.1. The highest BCUT2D eigenvalue weighted by molar-refractivity contribution is 9.10. The van der Waals surface area contributed by atoms with E-state index in [1.165, 1.54) is 0 Å². The van der Waals surface area contributed by atoms with Gasteiger partial charge in [0.1, 0.15) is 5.75 Å². The molecule has 0 spiro atoms. The fourth-order valence-corrected chi connectivity index (χ4v) is 3.18. The minimum Gasteiger partial charge on any atom is -0.497 e. The average Bonchev–Trinajstić information content (AvgIpc) is 2.57. The van der Waals surface area contributed by atoms with E-state index in [9.17, 15) is 4.79 Å². The highest BCUT2D eigenvalue weighted by Crippen LogP contribution is 2.22. The number of rotatable bonds is 7. The van der Waals surface area contributed by atoms with E-state index in [1.54, 1.807) is 23.8 Å². The Morgan fingerprint density at radius 2 is 1.78 bits per heavy atom. The highest BCUT2D eigenvalue weighted by Gasteiger charge is 2.09. The normalized spacial score (nSPS) is 10.4. The summed E-state index contributed by atoms with van der Waals surface area (Å²) >= 11 is 5.10. The van der Waals surface area contributed by atoms with Crippen LogP contribution in [0.4, 0.5) is 0 Å². The zero-order valence-corrected chi connectivity index (χ0v) is 15.7.